The van der Waals surface area contributed by atoms with E-state index >= 15 is 0 Å². The molecule has 1 aliphatic heterocycles. The summed E-state index contributed by atoms with van der Waals surface area (Å²) in [6.45, 7) is 4.24. The molecule has 1 saturated heterocycles. The van der Waals surface area contributed by atoms with E-state index < -0.39 is 10.1 Å². The molecule has 1 fully saturated rings. The number of benzene rings is 2. The molecule has 1 atom stereocenters. The van der Waals surface area contributed by atoms with E-state index in [2.05, 4.69) is 17.0 Å². The van der Waals surface area contributed by atoms with Gasteiger partial charge in [0.15, 0.2) is 0 Å². The zero-order chi connectivity index (χ0) is 16.3. The fourth-order valence-corrected chi connectivity index (χ4v) is 3.90. The van der Waals surface area contributed by atoms with E-state index in [1.165, 1.54) is 5.56 Å². The molecular weight excluding hydrogens is 310 g/mol. The smallest absolute Gasteiger partial charge is 0.296 e. The Kier molecular flexibility index (Phi) is 4.80. The molecule has 0 aromatic heterocycles. The third kappa shape index (κ3) is 4.19. The maximum absolute atomic E-state index is 12.3. The summed E-state index contributed by atoms with van der Waals surface area (Å²) in [5.74, 6) is 0. The lowest BCUT2D eigenvalue weighted by atomic mass is 10.2. The topological polar surface area (TPSA) is 46.6 Å². The van der Waals surface area contributed by atoms with Crippen molar-refractivity contribution in [2.24, 2.45) is 0 Å². The van der Waals surface area contributed by atoms with Crippen molar-refractivity contribution in [2.45, 2.75) is 30.9 Å². The predicted octanol–water partition coefficient (Wildman–Crippen LogP) is 2.97. The monoisotopic (exact) mass is 331 g/mol. The van der Waals surface area contributed by atoms with Crippen LogP contribution in [0.4, 0.5) is 0 Å². The lowest BCUT2D eigenvalue weighted by molar-refractivity contribution is 0.205. The van der Waals surface area contributed by atoms with E-state index in [-0.39, 0.29) is 11.0 Å². The summed E-state index contributed by atoms with van der Waals surface area (Å²) < 4.78 is 30.1. The van der Waals surface area contributed by atoms with E-state index in [0.29, 0.717) is 6.54 Å². The minimum Gasteiger partial charge on any atom is -0.296 e. The van der Waals surface area contributed by atoms with Crippen LogP contribution in [0.1, 0.15) is 17.5 Å². The molecule has 122 valence electrons. The molecule has 1 unspecified atom stereocenters. The lowest BCUT2D eigenvalue weighted by Gasteiger charge is -2.16. The highest BCUT2D eigenvalue weighted by molar-refractivity contribution is 7.86. The Bertz CT molecular complexity index is 742. The van der Waals surface area contributed by atoms with Gasteiger partial charge in [-0.1, -0.05) is 48.0 Å². The Hall–Kier alpha value is -1.69. The van der Waals surface area contributed by atoms with Gasteiger partial charge in [0.2, 0.25) is 0 Å². The van der Waals surface area contributed by atoms with Crippen LogP contribution >= 0.6 is 0 Å². The van der Waals surface area contributed by atoms with E-state index in [4.69, 9.17) is 4.18 Å². The van der Waals surface area contributed by atoms with Gasteiger partial charge in [-0.05, 0) is 31.0 Å². The van der Waals surface area contributed by atoms with Crippen LogP contribution in [0.15, 0.2) is 59.5 Å². The predicted molar refractivity (Wildman–Crippen MR) is 89.6 cm³/mol. The maximum Gasteiger partial charge on any atom is 0.297 e. The van der Waals surface area contributed by atoms with Crippen LogP contribution in [0.3, 0.4) is 0 Å². The van der Waals surface area contributed by atoms with Crippen LogP contribution < -0.4 is 0 Å². The van der Waals surface area contributed by atoms with Crippen LogP contribution in [-0.2, 0) is 20.8 Å². The second kappa shape index (κ2) is 6.83. The van der Waals surface area contributed by atoms with Gasteiger partial charge in [-0.15, -0.1) is 0 Å². The molecule has 0 radical (unpaired) electrons. The Balaban J connectivity index is 1.60. The zero-order valence-electron chi connectivity index (χ0n) is 13.2. The molecule has 5 heteroatoms. The van der Waals surface area contributed by atoms with Crippen LogP contribution in [0.5, 0.6) is 0 Å². The Morgan fingerprint density at radius 3 is 2.48 bits per heavy atom. The minimum atomic E-state index is -3.68. The van der Waals surface area contributed by atoms with Crippen LogP contribution in [0.25, 0.3) is 0 Å². The van der Waals surface area contributed by atoms with Gasteiger partial charge in [0, 0.05) is 19.6 Å². The number of aryl methyl sites for hydroxylation is 1. The van der Waals surface area contributed by atoms with Gasteiger partial charge >= 0.3 is 0 Å². The third-order valence-electron chi connectivity index (χ3n) is 4.05. The van der Waals surface area contributed by atoms with Gasteiger partial charge in [0.1, 0.15) is 0 Å². The number of likely N-dealkylation sites (tertiary alicyclic amines) is 1. The van der Waals surface area contributed by atoms with Gasteiger partial charge < -0.3 is 0 Å². The van der Waals surface area contributed by atoms with Crippen molar-refractivity contribution in [3.63, 3.8) is 0 Å². The average molecular weight is 331 g/mol. The molecule has 2 aromatic rings. The van der Waals surface area contributed by atoms with Gasteiger partial charge in [-0.2, -0.15) is 8.42 Å². The zero-order valence-corrected chi connectivity index (χ0v) is 14.0. The highest BCUT2D eigenvalue weighted by atomic mass is 32.2. The molecule has 0 saturated carbocycles. The summed E-state index contributed by atoms with van der Waals surface area (Å²) in [7, 11) is -3.68. The van der Waals surface area contributed by atoms with Crippen molar-refractivity contribution >= 4 is 10.1 Å². The lowest BCUT2D eigenvalue weighted by Crippen LogP contribution is -2.24. The normalized spacial score (nSPS) is 19.1. The first kappa shape index (κ1) is 16.2. The number of nitrogens with zero attached hydrogens (tertiary/aromatic N) is 1. The summed E-state index contributed by atoms with van der Waals surface area (Å²) in [6.07, 6.45) is 0.461. The average Bonchev–Trinajstić information content (AvgIpc) is 2.95. The molecule has 2 aromatic carbocycles. The van der Waals surface area contributed by atoms with Gasteiger partial charge in [-0.25, -0.2) is 0 Å². The van der Waals surface area contributed by atoms with Crippen molar-refractivity contribution in [1.29, 1.82) is 0 Å². The van der Waals surface area contributed by atoms with Crippen molar-refractivity contribution in [3.05, 3.63) is 65.7 Å². The largest absolute Gasteiger partial charge is 0.297 e. The van der Waals surface area contributed by atoms with Crippen LogP contribution in [0.2, 0.25) is 0 Å². The fraction of sp³-hybridized carbons (Fsp3) is 0.333. The van der Waals surface area contributed by atoms with Crippen molar-refractivity contribution in [3.8, 4) is 0 Å². The number of hydrogen-bond donors (Lipinski definition) is 0. The molecule has 1 heterocycles. The maximum atomic E-state index is 12.3. The summed E-state index contributed by atoms with van der Waals surface area (Å²) >= 11 is 0. The first-order valence-electron chi connectivity index (χ1n) is 7.79. The van der Waals surface area contributed by atoms with Gasteiger partial charge in [0.25, 0.3) is 10.1 Å². The number of hydrogen-bond acceptors (Lipinski definition) is 4. The molecular formula is C18H21NO3S. The quantitative estimate of drug-likeness (QED) is 0.790. The molecule has 0 bridgehead atoms. The van der Waals surface area contributed by atoms with E-state index in [1.54, 1.807) is 24.3 Å². The molecule has 4 nitrogen and oxygen atoms in total. The Morgan fingerprint density at radius 2 is 1.78 bits per heavy atom. The van der Waals surface area contributed by atoms with Crippen molar-refractivity contribution < 1.29 is 12.6 Å². The summed E-state index contributed by atoms with van der Waals surface area (Å²) in [4.78, 5) is 2.45. The molecule has 0 aliphatic carbocycles. The van der Waals surface area contributed by atoms with Crippen molar-refractivity contribution in [1.82, 2.24) is 4.90 Å². The van der Waals surface area contributed by atoms with E-state index in [0.717, 1.165) is 25.1 Å². The van der Waals surface area contributed by atoms with E-state index in [1.807, 2.05) is 25.1 Å². The second-order valence-electron chi connectivity index (χ2n) is 5.99. The molecule has 1 aliphatic rings. The van der Waals surface area contributed by atoms with Gasteiger partial charge in [0.05, 0.1) is 11.0 Å². The standard InChI is InChI=1S/C18H21NO3S/c1-15-7-9-18(10-8-15)23(20,21)22-17-11-12-19(14-17)13-16-5-3-2-4-6-16/h2-10,17H,11-14H2,1H3. The SMILES string of the molecule is Cc1ccc(S(=O)(=O)OC2CCN(Cc3ccccc3)C2)cc1. The second-order valence-corrected chi connectivity index (χ2v) is 7.57. The highest BCUT2D eigenvalue weighted by Crippen LogP contribution is 2.21. The fourth-order valence-electron chi connectivity index (χ4n) is 2.80. The molecule has 23 heavy (non-hydrogen) atoms. The highest BCUT2D eigenvalue weighted by Gasteiger charge is 2.28. The summed E-state index contributed by atoms with van der Waals surface area (Å²) in [5.41, 5.74) is 2.26. The Morgan fingerprint density at radius 1 is 1.09 bits per heavy atom. The third-order valence-corrected chi connectivity index (χ3v) is 5.43. The minimum absolute atomic E-state index is 0.226. The van der Waals surface area contributed by atoms with Crippen LogP contribution in [-0.4, -0.2) is 32.5 Å². The van der Waals surface area contributed by atoms with Gasteiger partial charge in [-0.3, -0.25) is 9.08 Å². The van der Waals surface area contributed by atoms with Crippen molar-refractivity contribution in [2.75, 3.05) is 13.1 Å². The molecule has 0 spiro atoms. The van der Waals surface area contributed by atoms with Crippen LogP contribution in [0, 0.1) is 6.92 Å². The summed E-state index contributed by atoms with van der Waals surface area (Å²) in [6, 6.07) is 17.0. The molecule has 0 amide bonds. The summed E-state index contributed by atoms with van der Waals surface area (Å²) in [5, 5.41) is 0. The van der Waals surface area contributed by atoms with E-state index in [9.17, 15) is 8.42 Å². The molecule has 0 N–H and O–H groups in total. The first-order chi connectivity index (χ1) is 11.0. The molecule has 3 rings (SSSR count). The Labute approximate surface area is 137 Å². The number of rotatable bonds is 5. The first-order valence-corrected chi connectivity index (χ1v) is 9.20.